The average molecular weight is 200 g/mol. The first kappa shape index (κ1) is 9.69. The van der Waals surface area contributed by atoms with Crippen LogP contribution in [0.5, 0.6) is 0 Å². The van der Waals surface area contributed by atoms with Gasteiger partial charge in [-0.2, -0.15) is 11.8 Å². The Kier molecular flexibility index (Phi) is 4.26. The molecule has 0 bridgehead atoms. The van der Waals surface area contributed by atoms with Crippen molar-refractivity contribution in [1.29, 1.82) is 0 Å². The minimum Gasteiger partial charge on any atom is -0.359 e. The molecule has 0 saturated carbocycles. The molecule has 0 spiro atoms. The molecule has 66 valence electrons. The molecule has 12 heavy (non-hydrogen) atoms. The second-order valence-electron chi connectivity index (χ2n) is 2.59. The van der Waals surface area contributed by atoms with Gasteiger partial charge in [-0.25, -0.2) is 0 Å². The van der Waals surface area contributed by atoms with Crippen molar-refractivity contribution in [3.63, 3.8) is 0 Å². The van der Waals surface area contributed by atoms with Crippen LogP contribution in [0.1, 0.15) is 6.42 Å². The molecule has 1 aliphatic heterocycles. The van der Waals surface area contributed by atoms with Crippen LogP contribution in [0.25, 0.3) is 0 Å². The van der Waals surface area contributed by atoms with Crippen LogP contribution in [-0.2, 0) is 0 Å². The third-order valence-electron chi connectivity index (χ3n) is 1.62. The molecular formula is C8H12N2S2. The normalized spacial score (nSPS) is 21.4. The van der Waals surface area contributed by atoms with E-state index in [1.165, 1.54) is 12.2 Å². The highest BCUT2D eigenvalue weighted by Gasteiger charge is 2.15. The SMILES string of the molecule is C#CCNC(=S)NC1CCSC1. The first-order chi connectivity index (χ1) is 5.83. The molecule has 0 amide bonds. The van der Waals surface area contributed by atoms with E-state index in [1.54, 1.807) is 0 Å². The van der Waals surface area contributed by atoms with Crippen molar-refractivity contribution in [3.05, 3.63) is 0 Å². The highest BCUT2D eigenvalue weighted by atomic mass is 32.2. The Labute approximate surface area is 82.9 Å². The molecule has 0 aromatic heterocycles. The molecule has 1 heterocycles. The van der Waals surface area contributed by atoms with Crippen LogP contribution in [0.4, 0.5) is 0 Å². The number of thioether (sulfide) groups is 1. The summed E-state index contributed by atoms with van der Waals surface area (Å²) in [7, 11) is 0. The lowest BCUT2D eigenvalue weighted by Gasteiger charge is -2.13. The molecule has 1 saturated heterocycles. The molecule has 0 aromatic rings. The number of nitrogens with one attached hydrogen (secondary N) is 2. The molecule has 0 aliphatic carbocycles. The molecule has 1 fully saturated rings. The zero-order chi connectivity index (χ0) is 8.81. The van der Waals surface area contributed by atoms with Gasteiger partial charge in [0.05, 0.1) is 6.54 Å². The number of thiocarbonyl (C=S) groups is 1. The largest absolute Gasteiger partial charge is 0.359 e. The average Bonchev–Trinajstić information content (AvgIpc) is 2.53. The van der Waals surface area contributed by atoms with E-state index in [4.69, 9.17) is 18.6 Å². The Hall–Kier alpha value is -0.400. The van der Waals surface area contributed by atoms with Crippen molar-refractivity contribution in [1.82, 2.24) is 10.6 Å². The summed E-state index contributed by atoms with van der Waals surface area (Å²) in [6.45, 7) is 0.506. The standard InChI is InChI=1S/C8H12N2S2/c1-2-4-9-8(11)10-7-3-5-12-6-7/h1,7H,3-6H2,(H2,9,10,11). The summed E-state index contributed by atoms with van der Waals surface area (Å²) in [5.41, 5.74) is 0. The van der Waals surface area contributed by atoms with Crippen molar-refractivity contribution in [2.75, 3.05) is 18.1 Å². The Morgan fingerprint density at radius 2 is 2.58 bits per heavy atom. The monoisotopic (exact) mass is 200 g/mol. The fourth-order valence-corrected chi connectivity index (χ4v) is 2.41. The van der Waals surface area contributed by atoms with Crippen molar-refractivity contribution in [3.8, 4) is 12.3 Å². The quantitative estimate of drug-likeness (QED) is 0.503. The van der Waals surface area contributed by atoms with E-state index in [1.807, 2.05) is 11.8 Å². The zero-order valence-corrected chi connectivity index (χ0v) is 8.43. The van der Waals surface area contributed by atoms with Crippen molar-refractivity contribution < 1.29 is 0 Å². The molecule has 1 unspecified atom stereocenters. The smallest absolute Gasteiger partial charge is 0.167 e. The summed E-state index contributed by atoms with van der Waals surface area (Å²) in [6.07, 6.45) is 6.28. The Balaban J connectivity index is 2.13. The third-order valence-corrected chi connectivity index (χ3v) is 3.04. The highest BCUT2D eigenvalue weighted by Crippen LogP contribution is 2.16. The first-order valence-electron chi connectivity index (χ1n) is 3.88. The topological polar surface area (TPSA) is 24.1 Å². The molecular weight excluding hydrogens is 188 g/mol. The van der Waals surface area contributed by atoms with Crippen LogP contribution in [0.15, 0.2) is 0 Å². The van der Waals surface area contributed by atoms with Gasteiger partial charge in [0.25, 0.3) is 0 Å². The zero-order valence-electron chi connectivity index (χ0n) is 6.80. The van der Waals surface area contributed by atoms with Gasteiger partial charge in [0.15, 0.2) is 5.11 Å². The number of hydrogen-bond donors (Lipinski definition) is 2. The minimum atomic E-state index is 0.506. The lowest BCUT2D eigenvalue weighted by Crippen LogP contribution is -2.41. The lowest BCUT2D eigenvalue weighted by molar-refractivity contribution is 0.671. The van der Waals surface area contributed by atoms with Crippen LogP contribution >= 0.6 is 24.0 Å². The van der Waals surface area contributed by atoms with Gasteiger partial charge in [-0.1, -0.05) is 5.92 Å². The maximum absolute atomic E-state index is 5.08. The second kappa shape index (κ2) is 5.28. The van der Waals surface area contributed by atoms with Gasteiger partial charge in [-0.15, -0.1) is 6.42 Å². The van der Waals surface area contributed by atoms with E-state index in [2.05, 4.69) is 16.6 Å². The minimum absolute atomic E-state index is 0.506. The van der Waals surface area contributed by atoms with E-state index < -0.39 is 0 Å². The van der Waals surface area contributed by atoms with Crippen LogP contribution in [0, 0.1) is 12.3 Å². The van der Waals surface area contributed by atoms with Gasteiger partial charge in [-0.3, -0.25) is 0 Å². The van der Waals surface area contributed by atoms with Crippen LogP contribution in [0.2, 0.25) is 0 Å². The molecule has 4 heteroatoms. The second-order valence-corrected chi connectivity index (χ2v) is 4.15. The van der Waals surface area contributed by atoms with Crippen molar-refractivity contribution >= 4 is 29.1 Å². The van der Waals surface area contributed by atoms with Crippen molar-refractivity contribution in [2.24, 2.45) is 0 Å². The summed E-state index contributed by atoms with van der Waals surface area (Å²) in [4.78, 5) is 0. The first-order valence-corrected chi connectivity index (χ1v) is 5.45. The van der Waals surface area contributed by atoms with Gasteiger partial charge < -0.3 is 10.6 Å². The van der Waals surface area contributed by atoms with Gasteiger partial charge in [0.1, 0.15) is 0 Å². The summed E-state index contributed by atoms with van der Waals surface area (Å²) in [5, 5.41) is 6.83. The van der Waals surface area contributed by atoms with Gasteiger partial charge >= 0.3 is 0 Å². The van der Waals surface area contributed by atoms with Crippen LogP contribution in [0.3, 0.4) is 0 Å². The van der Waals surface area contributed by atoms with Crippen LogP contribution in [-0.4, -0.2) is 29.2 Å². The van der Waals surface area contributed by atoms with E-state index in [9.17, 15) is 0 Å². The van der Waals surface area contributed by atoms with Crippen molar-refractivity contribution in [2.45, 2.75) is 12.5 Å². The summed E-state index contributed by atoms with van der Waals surface area (Å²) < 4.78 is 0. The molecule has 1 aliphatic rings. The van der Waals surface area contributed by atoms with E-state index in [0.29, 0.717) is 17.7 Å². The van der Waals surface area contributed by atoms with Gasteiger partial charge in [0, 0.05) is 11.8 Å². The molecule has 0 aromatic carbocycles. The number of rotatable bonds is 2. The lowest BCUT2D eigenvalue weighted by atomic mass is 10.3. The molecule has 1 rings (SSSR count). The van der Waals surface area contributed by atoms with Gasteiger partial charge in [0.2, 0.25) is 0 Å². The Morgan fingerprint density at radius 1 is 1.75 bits per heavy atom. The summed E-state index contributed by atoms with van der Waals surface area (Å²) >= 11 is 6.99. The highest BCUT2D eigenvalue weighted by molar-refractivity contribution is 7.99. The fraction of sp³-hybridized carbons (Fsp3) is 0.625. The van der Waals surface area contributed by atoms with Crippen LogP contribution < -0.4 is 10.6 Å². The third kappa shape index (κ3) is 3.33. The maximum atomic E-state index is 5.08. The molecule has 2 N–H and O–H groups in total. The van der Waals surface area contributed by atoms with E-state index >= 15 is 0 Å². The Bertz CT molecular complexity index is 192. The summed E-state index contributed by atoms with van der Waals surface area (Å²) in [5.74, 6) is 4.86. The van der Waals surface area contributed by atoms with Gasteiger partial charge in [-0.05, 0) is 24.4 Å². The Morgan fingerprint density at radius 3 is 3.17 bits per heavy atom. The van der Waals surface area contributed by atoms with E-state index in [-0.39, 0.29) is 0 Å². The fourth-order valence-electron chi connectivity index (χ4n) is 1.02. The molecule has 1 atom stereocenters. The van der Waals surface area contributed by atoms with E-state index in [0.717, 1.165) is 5.75 Å². The number of hydrogen-bond acceptors (Lipinski definition) is 2. The number of terminal acetylenes is 1. The predicted molar refractivity (Wildman–Crippen MR) is 58.3 cm³/mol. The maximum Gasteiger partial charge on any atom is 0.167 e. The summed E-state index contributed by atoms with van der Waals surface area (Å²) in [6, 6.07) is 0.535. The molecule has 2 nitrogen and oxygen atoms in total. The molecule has 0 radical (unpaired) electrons. The predicted octanol–water partition coefficient (Wildman–Crippen LogP) is 0.589.